The van der Waals surface area contributed by atoms with Crippen molar-refractivity contribution < 1.29 is 13.6 Å². The van der Waals surface area contributed by atoms with Crippen molar-refractivity contribution >= 4 is 46.1 Å². The highest BCUT2D eigenvalue weighted by Crippen LogP contribution is 2.51. The zero-order valence-electron chi connectivity index (χ0n) is 10.4. The molecule has 0 unspecified atom stereocenters. The maximum atomic E-state index is 6.01. The third-order valence-electron chi connectivity index (χ3n) is 2.00. The summed E-state index contributed by atoms with van der Waals surface area (Å²) in [7, 11) is 0. The summed E-state index contributed by atoms with van der Waals surface area (Å²) in [5.41, 5.74) is 0.907. The lowest BCUT2D eigenvalue weighted by molar-refractivity contribution is 0.217. The van der Waals surface area contributed by atoms with Crippen LogP contribution in [0.15, 0.2) is 16.6 Å². The molecule has 0 spiro atoms. The second-order valence-corrected chi connectivity index (χ2v) is 7.60. The van der Waals surface area contributed by atoms with Gasteiger partial charge in [-0.1, -0.05) is 11.6 Å². The number of benzene rings is 1. The summed E-state index contributed by atoms with van der Waals surface area (Å²) < 4.78 is 17.3. The van der Waals surface area contributed by atoms with E-state index in [2.05, 4.69) is 15.9 Å². The first kappa shape index (κ1) is 16.4. The summed E-state index contributed by atoms with van der Waals surface area (Å²) >= 11 is 14.7. The van der Waals surface area contributed by atoms with Crippen molar-refractivity contribution in [3.05, 3.63) is 27.2 Å². The van der Waals surface area contributed by atoms with E-state index in [9.17, 15) is 0 Å². The highest BCUT2D eigenvalue weighted by Gasteiger charge is 2.22. The lowest BCUT2D eigenvalue weighted by atomic mass is 10.2. The molecule has 0 aliphatic rings. The largest absolute Gasteiger partial charge is 0.423 e. The van der Waals surface area contributed by atoms with Crippen LogP contribution in [-0.4, -0.2) is 13.2 Å². The fourth-order valence-electron chi connectivity index (χ4n) is 1.23. The molecule has 0 aliphatic heterocycles. The number of hydrogen-bond acceptors (Lipinski definition) is 4. The second kappa shape index (κ2) is 7.22. The van der Waals surface area contributed by atoms with Crippen LogP contribution in [0, 0.1) is 6.92 Å². The van der Waals surface area contributed by atoms with E-state index in [-0.39, 0.29) is 0 Å². The van der Waals surface area contributed by atoms with Crippen LogP contribution in [0.1, 0.15) is 19.4 Å². The fraction of sp³-hybridized carbons (Fsp3) is 0.455. The highest BCUT2D eigenvalue weighted by molar-refractivity contribution is 9.10. The van der Waals surface area contributed by atoms with Crippen molar-refractivity contribution in [2.45, 2.75) is 20.8 Å². The first-order chi connectivity index (χ1) is 8.41. The van der Waals surface area contributed by atoms with Gasteiger partial charge in [-0.05, 0) is 54.4 Å². The molecule has 0 saturated heterocycles. The Hall–Kier alpha value is 0.360. The van der Waals surface area contributed by atoms with E-state index in [1.165, 1.54) is 0 Å². The van der Waals surface area contributed by atoms with Gasteiger partial charge in [-0.15, -0.1) is 0 Å². The zero-order chi connectivity index (χ0) is 13.8. The van der Waals surface area contributed by atoms with Gasteiger partial charge in [0.2, 0.25) is 0 Å². The number of halogens is 2. The van der Waals surface area contributed by atoms with E-state index >= 15 is 0 Å². The molecule has 7 heteroatoms. The van der Waals surface area contributed by atoms with Crippen molar-refractivity contribution in [1.29, 1.82) is 0 Å². The minimum Gasteiger partial charge on any atom is -0.423 e. The molecule has 3 nitrogen and oxygen atoms in total. The van der Waals surface area contributed by atoms with Crippen LogP contribution in [-0.2, 0) is 20.9 Å². The van der Waals surface area contributed by atoms with Crippen molar-refractivity contribution in [2.24, 2.45) is 0 Å². The molecule has 102 valence electrons. The fourth-order valence-corrected chi connectivity index (χ4v) is 4.15. The number of hydrogen-bond donors (Lipinski definition) is 0. The lowest BCUT2D eigenvalue weighted by Crippen LogP contribution is -2.02. The van der Waals surface area contributed by atoms with Gasteiger partial charge in [0.25, 0.3) is 0 Å². The van der Waals surface area contributed by atoms with Gasteiger partial charge >= 0.3 is 6.72 Å². The second-order valence-electron chi connectivity index (χ2n) is 3.41. The standard InChI is InChI=1S/C11H15BrClO3PS/c1-4-14-17(18,15-5-2)16-11-6-8(3)10(13)7-9(11)12/h6-7H,4-5H2,1-3H3. The molecule has 0 amide bonds. The van der Waals surface area contributed by atoms with E-state index in [1.54, 1.807) is 6.07 Å². The molecule has 0 aromatic heterocycles. The van der Waals surface area contributed by atoms with Crippen LogP contribution in [0.25, 0.3) is 0 Å². The summed E-state index contributed by atoms with van der Waals surface area (Å²) in [5.74, 6) is 0.585. The predicted molar refractivity (Wildman–Crippen MR) is 82.1 cm³/mol. The third-order valence-corrected chi connectivity index (χ3v) is 5.45. The molecule has 1 rings (SSSR count). The number of aryl methyl sites for hydroxylation is 1. The smallest absolute Gasteiger partial charge is 0.380 e. The predicted octanol–water partition coefficient (Wildman–Crippen LogP) is 5.09. The van der Waals surface area contributed by atoms with Gasteiger partial charge in [-0.25, -0.2) is 0 Å². The molecule has 1 aromatic rings. The topological polar surface area (TPSA) is 27.7 Å². The summed E-state index contributed by atoms with van der Waals surface area (Å²) in [5, 5.41) is 0.662. The molecule has 0 N–H and O–H groups in total. The molecule has 0 atom stereocenters. The van der Waals surface area contributed by atoms with Gasteiger partial charge in [0.05, 0.1) is 17.7 Å². The Balaban J connectivity index is 3.01. The Kier molecular flexibility index (Phi) is 6.59. The van der Waals surface area contributed by atoms with E-state index in [0.29, 0.717) is 24.0 Å². The van der Waals surface area contributed by atoms with Gasteiger partial charge in [-0.3, -0.25) is 9.05 Å². The van der Waals surface area contributed by atoms with Crippen LogP contribution < -0.4 is 4.52 Å². The summed E-state index contributed by atoms with van der Waals surface area (Å²) in [6.07, 6.45) is 0. The van der Waals surface area contributed by atoms with Crippen LogP contribution in [0.5, 0.6) is 5.75 Å². The van der Waals surface area contributed by atoms with Gasteiger partial charge in [-0.2, -0.15) is 0 Å². The minimum atomic E-state index is -2.74. The van der Waals surface area contributed by atoms with E-state index in [0.717, 1.165) is 10.0 Å². The maximum Gasteiger partial charge on any atom is 0.380 e. The van der Waals surface area contributed by atoms with Crippen LogP contribution >= 0.6 is 34.2 Å². The van der Waals surface area contributed by atoms with Gasteiger partial charge in [0, 0.05) is 16.8 Å². The minimum absolute atomic E-state index is 0.446. The molecule has 0 saturated carbocycles. The van der Waals surface area contributed by atoms with E-state index < -0.39 is 6.72 Å². The molecule has 0 aliphatic carbocycles. The van der Waals surface area contributed by atoms with Crippen LogP contribution in [0.2, 0.25) is 5.02 Å². The normalized spacial score (nSPS) is 11.6. The van der Waals surface area contributed by atoms with Crippen molar-refractivity contribution in [3.63, 3.8) is 0 Å². The SMILES string of the molecule is CCOP(=S)(OCC)Oc1cc(C)c(Cl)cc1Br. The zero-order valence-corrected chi connectivity index (χ0v) is 14.5. The summed E-state index contributed by atoms with van der Waals surface area (Å²) in [6.45, 7) is 3.75. The first-order valence-corrected chi connectivity index (χ1v) is 9.19. The Morgan fingerprint density at radius 3 is 2.33 bits per heavy atom. The molecule has 0 radical (unpaired) electrons. The maximum absolute atomic E-state index is 6.01. The van der Waals surface area contributed by atoms with Crippen molar-refractivity contribution in [1.82, 2.24) is 0 Å². The Bertz CT molecular complexity index is 460. The first-order valence-electron chi connectivity index (χ1n) is 5.46. The Morgan fingerprint density at radius 1 is 1.28 bits per heavy atom. The van der Waals surface area contributed by atoms with E-state index in [4.69, 9.17) is 37.0 Å². The third kappa shape index (κ3) is 4.48. The molecular formula is C11H15BrClO3PS. The van der Waals surface area contributed by atoms with Gasteiger partial charge in [0.1, 0.15) is 5.75 Å². The average Bonchev–Trinajstić information content (AvgIpc) is 2.26. The Morgan fingerprint density at radius 2 is 1.83 bits per heavy atom. The molecule has 1 aromatic carbocycles. The molecule has 18 heavy (non-hydrogen) atoms. The lowest BCUT2D eigenvalue weighted by Gasteiger charge is -2.22. The Labute approximate surface area is 126 Å². The monoisotopic (exact) mass is 372 g/mol. The van der Waals surface area contributed by atoms with Crippen LogP contribution in [0.4, 0.5) is 0 Å². The van der Waals surface area contributed by atoms with Gasteiger partial charge < -0.3 is 4.52 Å². The van der Waals surface area contributed by atoms with Crippen LogP contribution in [0.3, 0.4) is 0 Å². The van der Waals surface area contributed by atoms with E-state index in [1.807, 2.05) is 26.8 Å². The summed E-state index contributed by atoms with van der Waals surface area (Å²) in [4.78, 5) is 0. The number of rotatable bonds is 6. The summed E-state index contributed by atoms with van der Waals surface area (Å²) in [6, 6.07) is 3.58. The molecule has 0 fully saturated rings. The average molecular weight is 374 g/mol. The quantitative estimate of drug-likeness (QED) is 0.649. The molecular weight excluding hydrogens is 359 g/mol. The molecule has 0 bridgehead atoms. The van der Waals surface area contributed by atoms with Gasteiger partial charge in [0.15, 0.2) is 0 Å². The molecule has 0 heterocycles. The highest BCUT2D eigenvalue weighted by atomic mass is 79.9. The van der Waals surface area contributed by atoms with Crippen molar-refractivity contribution in [3.8, 4) is 5.75 Å². The van der Waals surface area contributed by atoms with Crippen molar-refractivity contribution in [2.75, 3.05) is 13.2 Å².